The van der Waals surface area contributed by atoms with Crippen LogP contribution in [0.1, 0.15) is 5.56 Å². The summed E-state index contributed by atoms with van der Waals surface area (Å²) in [5.41, 5.74) is -0.254. The molecule has 0 aliphatic heterocycles. The van der Waals surface area contributed by atoms with Gasteiger partial charge in [-0.15, -0.1) is 0 Å². The highest BCUT2D eigenvalue weighted by molar-refractivity contribution is 6.24. The van der Waals surface area contributed by atoms with Gasteiger partial charge in [0.25, 0.3) is 0 Å². The third-order valence-corrected chi connectivity index (χ3v) is 3.70. The predicted octanol–water partition coefficient (Wildman–Crippen LogP) is 1.04. The Morgan fingerprint density at radius 1 is 1.12 bits per heavy atom. The van der Waals surface area contributed by atoms with Crippen molar-refractivity contribution in [3.63, 3.8) is 0 Å². The zero-order chi connectivity index (χ0) is 18.1. The van der Waals surface area contributed by atoms with E-state index in [9.17, 15) is 23.9 Å². The van der Waals surface area contributed by atoms with Crippen molar-refractivity contribution in [2.75, 3.05) is 0 Å². The lowest BCUT2D eigenvalue weighted by atomic mass is 10.0. The molecule has 3 rings (SSSR count). The van der Waals surface area contributed by atoms with E-state index in [0.717, 1.165) is 18.3 Å². The molecule has 0 amide bonds. The summed E-state index contributed by atoms with van der Waals surface area (Å²) in [6, 6.07) is 3.82. The second kappa shape index (κ2) is 6.20. The molecular formula is C18H12F2N2O3. The van der Waals surface area contributed by atoms with Gasteiger partial charge in [-0.2, -0.15) is 4.73 Å². The fourth-order valence-electron chi connectivity index (χ4n) is 2.49. The number of aromatic nitrogens is 1. The lowest BCUT2D eigenvalue weighted by Crippen LogP contribution is -2.47. The minimum Gasteiger partial charge on any atom is -0.507 e. The SMILES string of the molecule is N=c1c(=C(O)c2ccc(F)cc2F)ccn(O)c1=C1C=CC=CC1=O. The maximum Gasteiger partial charge on any atom is 0.188 e. The molecule has 0 unspecified atom stereocenters. The molecule has 1 heterocycles. The molecule has 126 valence electrons. The molecule has 0 fully saturated rings. The zero-order valence-corrected chi connectivity index (χ0v) is 12.7. The van der Waals surface area contributed by atoms with Gasteiger partial charge in [-0.3, -0.25) is 10.2 Å². The average Bonchev–Trinajstić information content (AvgIpc) is 2.56. The Kier molecular flexibility index (Phi) is 4.06. The molecule has 5 nitrogen and oxygen atoms in total. The maximum absolute atomic E-state index is 13.9. The molecule has 1 aromatic carbocycles. The first kappa shape index (κ1) is 16.4. The van der Waals surface area contributed by atoms with E-state index in [1.807, 2.05) is 0 Å². The zero-order valence-electron chi connectivity index (χ0n) is 12.7. The molecule has 0 atom stereocenters. The Morgan fingerprint density at radius 3 is 2.52 bits per heavy atom. The van der Waals surface area contributed by atoms with Crippen LogP contribution in [0.4, 0.5) is 8.78 Å². The number of carbonyl (C=O) groups is 1. The average molecular weight is 342 g/mol. The van der Waals surface area contributed by atoms with Crippen LogP contribution in [0.2, 0.25) is 0 Å². The van der Waals surface area contributed by atoms with Gasteiger partial charge in [0.1, 0.15) is 22.7 Å². The van der Waals surface area contributed by atoms with Gasteiger partial charge in [0.2, 0.25) is 0 Å². The third kappa shape index (κ3) is 2.87. The van der Waals surface area contributed by atoms with E-state index < -0.39 is 23.2 Å². The van der Waals surface area contributed by atoms with Gasteiger partial charge in [-0.25, -0.2) is 8.78 Å². The monoisotopic (exact) mass is 342 g/mol. The lowest BCUT2D eigenvalue weighted by Gasteiger charge is -2.07. The number of nitrogens with one attached hydrogen (secondary N) is 1. The fraction of sp³-hybridized carbons (Fsp3) is 0. The molecule has 0 spiro atoms. The second-order valence-electron chi connectivity index (χ2n) is 5.27. The van der Waals surface area contributed by atoms with Crippen LogP contribution in [-0.4, -0.2) is 20.8 Å². The van der Waals surface area contributed by atoms with Crippen LogP contribution in [0.3, 0.4) is 0 Å². The number of nitrogens with zero attached hydrogens (tertiary/aromatic N) is 1. The number of benzene rings is 1. The van der Waals surface area contributed by atoms with Gasteiger partial charge in [0.15, 0.2) is 5.78 Å². The molecule has 0 radical (unpaired) electrons. The Hall–Kier alpha value is -3.48. The van der Waals surface area contributed by atoms with E-state index >= 15 is 0 Å². The first-order chi connectivity index (χ1) is 11.9. The van der Waals surface area contributed by atoms with Crippen molar-refractivity contribution < 1.29 is 23.9 Å². The first-order valence-electron chi connectivity index (χ1n) is 7.17. The molecule has 7 heteroatoms. The van der Waals surface area contributed by atoms with Crippen molar-refractivity contribution in [2.45, 2.75) is 0 Å². The van der Waals surface area contributed by atoms with Crippen molar-refractivity contribution in [3.8, 4) is 0 Å². The number of hydrogen-bond acceptors (Lipinski definition) is 4. The van der Waals surface area contributed by atoms with Gasteiger partial charge in [-0.05, 0) is 30.4 Å². The number of hydrogen-bond donors (Lipinski definition) is 3. The summed E-state index contributed by atoms with van der Waals surface area (Å²) in [4.78, 5) is 12.0. The van der Waals surface area contributed by atoms with Gasteiger partial charge in [0.05, 0.1) is 16.5 Å². The molecule has 3 N–H and O–H groups in total. The maximum atomic E-state index is 13.9. The molecule has 1 aromatic heterocycles. The fourth-order valence-corrected chi connectivity index (χ4v) is 2.49. The highest BCUT2D eigenvalue weighted by Gasteiger charge is 2.13. The third-order valence-electron chi connectivity index (χ3n) is 3.70. The van der Waals surface area contributed by atoms with E-state index in [-0.39, 0.29) is 27.1 Å². The van der Waals surface area contributed by atoms with Crippen LogP contribution in [0.25, 0.3) is 11.3 Å². The normalized spacial score (nSPS) is 17.0. The summed E-state index contributed by atoms with van der Waals surface area (Å²) < 4.78 is 27.5. The number of ketones is 1. The molecule has 1 aliphatic rings. The summed E-state index contributed by atoms with van der Waals surface area (Å²) >= 11 is 0. The molecule has 2 aromatic rings. The van der Waals surface area contributed by atoms with Crippen molar-refractivity contribution in [3.05, 3.63) is 87.9 Å². The number of carbonyl (C=O) groups excluding carboxylic acids is 1. The summed E-state index contributed by atoms with van der Waals surface area (Å²) in [5.74, 6) is -2.83. The summed E-state index contributed by atoms with van der Waals surface area (Å²) in [7, 11) is 0. The Labute approximate surface area is 139 Å². The summed E-state index contributed by atoms with van der Waals surface area (Å²) in [6.07, 6.45) is 6.88. The summed E-state index contributed by atoms with van der Waals surface area (Å²) in [6.45, 7) is 0. The van der Waals surface area contributed by atoms with Gasteiger partial charge in [0, 0.05) is 17.5 Å². The highest BCUT2D eigenvalue weighted by Crippen LogP contribution is 2.14. The Morgan fingerprint density at radius 2 is 1.84 bits per heavy atom. The van der Waals surface area contributed by atoms with Crippen LogP contribution in [0, 0.1) is 17.0 Å². The highest BCUT2D eigenvalue weighted by atomic mass is 19.1. The van der Waals surface area contributed by atoms with Gasteiger partial charge in [-0.1, -0.05) is 12.2 Å². The van der Waals surface area contributed by atoms with E-state index in [4.69, 9.17) is 5.41 Å². The number of aliphatic hydroxyl groups excluding tert-OH is 1. The van der Waals surface area contributed by atoms with Crippen LogP contribution < -0.4 is 15.9 Å². The van der Waals surface area contributed by atoms with Crippen LogP contribution in [0.15, 0.2) is 54.8 Å². The molecule has 1 aliphatic carbocycles. The van der Waals surface area contributed by atoms with Crippen LogP contribution >= 0.6 is 0 Å². The Bertz CT molecular complexity index is 1130. The number of aliphatic hydroxyl groups is 1. The van der Waals surface area contributed by atoms with Crippen molar-refractivity contribution in [1.29, 1.82) is 5.41 Å². The topological polar surface area (TPSA) is 86.3 Å². The van der Waals surface area contributed by atoms with E-state index in [1.54, 1.807) is 6.08 Å². The standard InChI is InChI=1S/C18H12F2N2O3/c19-10-5-6-11(14(20)9-10)18(24)13-7-8-22(25)17(16(13)21)12-3-1-2-4-15(12)23/h1-9,21,24-25H. The minimum absolute atomic E-state index is 0.0456. The van der Waals surface area contributed by atoms with Crippen molar-refractivity contribution in [2.24, 2.45) is 0 Å². The predicted molar refractivity (Wildman–Crippen MR) is 84.9 cm³/mol. The van der Waals surface area contributed by atoms with E-state index in [1.165, 1.54) is 24.3 Å². The molecular weight excluding hydrogens is 330 g/mol. The second-order valence-corrected chi connectivity index (χ2v) is 5.27. The quantitative estimate of drug-likeness (QED) is 0.677. The lowest BCUT2D eigenvalue weighted by molar-refractivity contribution is -0.109. The minimum atomic E-state index is -0.997. The van der Waals surface area contributed by atoms with E-state index in [2.05, 4.69) is 0 Å². The van der Waals surface area contributed by atoms with Gasteiger partial charge < -0.3 is 10.3 Å². The molecule has 0 saturated heterocycles. The smallest absolute Gasteiger partial charge is 0.188 e. The van der Waals surface area contributed by atoms with Crippen molar-refractivity contribution in [1.82, 2.24) is 4.73 Å². The first-order valence-corrected chi connectivity index (χ1v) is 7.17. The number of pyridine rings is 1. The molecule has 0 saturated carbocycles. The van der Waals surface area contributed by atoms with Crippen LogP contribution in [0.5, 0.6) is 0 Å². The Balaban J connectivity index is 2.41. The molecule has 25 heavy (non-hydrogen) atoms. The summed E-state index contributed by atoms with van der Waals surface area (Å²) in [5, 5.41) is 27.9. The number of allylic oxidation sites excluding steroid dienone is 4. The number of halogens is 2. The van der Waals surface area contributed by atoms with Crippen molar-refractivity contribution >= 4 is 17.1 Å². The van der Waals surface area contributed by atoms with E-state index in [0.29, 0.717) is 10.8 Å². The molecule has 0 bridgehead atoms. The number of rotatable bonds is 1. The van der Waals surface area contributed by atoms with Crippen LogP contribution in [-0.2, 0) is 4.79 Å². The largest absolute Gasteiger partial charge is 0.507 e. The van der Waals surface area contributed by atoms with Gasteiger partial charge >= 0.3 is 0 Å².